The summed E-state index contributed by atoms with van der Waals surface area (Å²) in [7, 11) is 0. The van der Waals surface area contributed by atoms with Crippen LogP contribution in [0.4, 0.5) is 27.9 Å². The van der Waals surface area contributed by atoms with Crippen LogP contribution in [-0.2, 0) is 6.42 Å². The van der Waals surface area contributed by atoms with E-state index in [-0.39, 0.29) is 23.9 Å². The van der Waals surface area contributed by atoms with Crippen molar-refractivity contribution in [3.63, 3.8) is 0 Å². The van der Waals surface area contributed by atoms with E-state index in [1.165, 1.54) is 0 Å². The van der Waals surface area contributed by atoms with Crippen LogP contribution in [0.1, 0.15) is 46.6 Å². The molecule has 212 valence electrons. The van der Waals surface area contributed by atoms with E-state index in [1.807, 2.05) is 24.4 Å². The van der Waals surface area contributed by atoms with Crippen LogP contribution < -0.4 is 21.3 Å². The van der Waals surface area contributed by atoms with Crippen molar-refractivity contribution in [2.45, 2.75) is 45.6 Å². The molecule has 0 spiro atoms. The number of carbonyl (C=O) groups is 2. The van der Waals surface area contributed by atoms with Crippen LogP contribution in [0.2, 0.25) is 5.02 Å². The van der Waals surface area contributed by atoms with Crippen molar-refractivity contribution in [2.24, 2.45) is 10.9 Å². The summed E-state index contributed by atoms with van der Waals surface area (Å²) in [5, 5.41) is 16.8. The van der Waals surface area contributed by atoms with Gasteiger partial charge in [-0.3, -0.25) is 9.79 Å². The van der Waals surface area contributed by atoms with E-state index in [1.54, 1.807) is 31.1 Å². The Hall–Kier alpha value is -4.45. The molecule has 6 rings (SSSR count). The number of amides is 3. The highest BCUT2D eigenvalue weighted by Crippen LogP contribution is 2.31. The van der Waals surface area contributed by atoms with Crippen molar-refractivity contribution in [1.82, 2.24) is 25.3 Å². The molecule has 12 nitrogen and oxygen atoms in total. The number of nitrogens with zero attached hydrogens (tertiary/aromatic N) is 5. The molecular weight excluding hydrogens is 546 g/mol. The number of benzene rings is 1. The Kier molecular flexibility index (Phi) is 7.31. The third-order valence-corrected chi connectivity index (χ3v) is 7.76. The zero-order chi connectivity index (χ0) is 28.5. The second kappa shape index (κ2) is 11.2. The van der Waals surface area contributed by atoms with Crippen molar-refractivity contribution < 1.29 is 14.1 Å². The highest BCUT2D eigenvalue weighted by Gasteiger charge is 2.31. The molecule has 1 fully saturated rings. The molecule has 3 aromatic rings. The number of rotatable bonds is 3. The van der Waals surface area contributed by atoms with Crippen molar-refractivity contribution in [1.29, 1.82) is 0 Å². The van der Waals surface area contributed by atoms with Crippen LogP contribution in [0.15, 0.2) is 45.8 Å². The summed E-state index contributed by atoms with van der Waals surface area (Å²) in [6, 6.07) is 5.24. The van der Waals surface area contributed by atoms with Gasteiger partial charge in [0.15, 0.2) is 5.82 Å². The molecule has 2 aromatic heterocycles. The van der Waals surface area contributed by atoms with Gasteiger partial charge in [0.2, 0.25) is 5.95 Å². The summed E-state index contributed by atoms with van der Waals surface area (Å²) in [5.41, 5.74) is 4.45. The minimum absolute atomic E-state index is 0.129. The maximum Gasteiger partial charge on any atom is 0.319 e. The Morgan fingerprint density at radius 3 is 2.90 bits per heavy atom. The normalized spacial score (nSPS) is 19.6. The molecule has 13 heteroatoms. The molecule has 1 unspecified atom stereocenters. The molecule has 3 aliphatic heterocycles. The smallest absolute Gasteiger partial charge is 0.319 e. The van der Waals surface area contributed by atoms with Crippen LogP contribution in [0.3, 0.4) is 0 Å². The molecule has 41 heavy (non-hydrogen) atoms. The van der Waals surface area contributed by atoms with Gasteiger partial charge in [-0.1, -0.05) is 16.8 Å². The number of anilines is 4. The van der Waals surface area contributed by atoms with Gasteiger partial charge in [-0.05, 0) is 63.3 Å². The van der Waals surface area contributed by atoms with Crippen LogP contribution >= 0.6 is 11.6 Å². The Morgan fingerprint density at radius 1 is 1.20 bits per heavy atom. The predicted molar refractivity (Wildman–Crippen MR) is 156 cm³/mol. The molecular formula is C28H30ClN9O3. The number of aromatic nitrogens is 3. The zero-order valence-electron chi connectivity index (χ0n) is 22.7. The first-order chi connectivity index (χ1) is 19.8. The van der Waals surface area contributed by atoms with E-state index in [0.717, 1.165) is 36.2 Å². The lowest BCUT2D eigenvalue weighted by molar-refractivity contribution is 0.0787. The molecule has 1 saturated heterocycles. The van der Waals surface area contributed by atoms with E-state index < -0.39 is 0 Å². The molecule has 5 heterocycles. The first-order valence-corrected chi connectivity index (χ1v) is 13.9. The molecule has 6 bridgehead atoms. The number of aryl methyl sites for hydroxylation is 3. The SMILES string of the molecule is Cc1noc(C)c1C(=O)N1CC[C@H](NC(=O)Nc2ccc3cc2CCC2C=NC=C(C2)Nc2ncc(Cl)c(n2)N3)C1. The maximum absolute atomic E-state index is 13.1. The lowest BCUT2D eigenvalue weighted by Gasteiger charge is -2.20. The third-order valence-electron chi connectivity index (χ3n) is 7.48. The van der Waals surface area contributed by atoms with Crippen molar-refractivity contribution in [2.75, 3.05) is 29.0 Å². The number of fused-ring (bicyclic) bond motifs is 6. The van der Waals surface area contributed by atoms with Gasteiger partial charge in [0.05, 0.1) is 11.9 Å². The van der Waals surface area contributed by atoms with Gasteiger partial charge in [0.1, 0.15) is 16.3 Å². The van der Waals surface area contributed by atoms with E-state index in [2.05, 4.69) is 41.4 Å². The Bertz CT molecular complexity index is 1550. The number of likely N-dealkylation sites (tertiary alicyclic amines) is 1. The summed E-state index contributed by atoms with van der Waals surface area (Å²) >= 11 is 6.38. The summed E-state index contributed by atoms with van der Waals surface area (Å²) in [6.45, 7) is 4.44. The van der Waals surface area contributed by atoms with Crippen molar-refractivity contribution in [3.8, 4) is 0 Å². The summed E-state index contributed by atoms with van der Waals surface area (Å²) in [6.07, 6.45) is 8.27. The first-order valence-electron chi connectivity index (χ1n) is 13.5. The summed E-state index contributed by atoms with van der Waals surface area (Å²) in [4.78, 5) is 41.0. The minimum atomic E-state index is -0.321. The molecule has 0 radical (unpaired) electrons. The van der Waals surface area contributed by atoms with Crippen LogP contribution in [0.5, 0.6) is 0 Å². The van der Waals surface area contributed by atoms with Gasteiger partial charge in [0.25, 0.3) is 5.91 Å². The lowest BCUT2D eigenvalue weighted by atomic mass is 9.94. The predicted octanol–water partition coefficient (Wildman–Crippen LogP) is 4.80. The largest absolute Gasteiger partial charge is 0.361 e. The fourth-order valence-electron chi connectivity index (χ4n) is 5.39. The fourth-order valence-corrected chi connectivity index (χ4v) is 5.53. The Balaban J connectivity index is 1.16. The molecule has 4 N–H and O–H groups in total. The molecule has 0 aliphatic carbocycles. The summed E-state index contributed by atoms with van der Waals surface area (Å²) < 4.78 is 5.15. The van der Waals surface area contributed by atoms with Crippen molar-refractivity contribution in [3.05, 3.63) is 63.9 Å². The topological polar surface area (TPSA) is 150 Å². The minimum Gasteiger partial charge on any atom is -0.361 e. The molecule has 3 aliphatic rings. The quantitative estimate of drug-likeness (QED) is 0.348. The molecule has 1 aromatic carbocycles. The second-order valence-electron chi connectivity index (χ2n) is 10.5. The average molecular weight is 576 g/mol. The maximum atomic E-state index is 13.1. The van der Waals surface area contributed by atoms with E-state index >= 15 is 0 Å². The zero-order valence-corrected chi connectivity index (χ0v) is 23.5. The second-order valence-corrected chi connectivity index (χ2v) is 10.9. The number of hydrogen-bond donors (Lipinski definition) is 4. The molecule has 2 atom stereocenters. The van der Waals surface area contributed by atoms with Crippen LogP contribution in [-0.4, -0.2) is 57.3 Å². The highest BCUT2D eigenvalue weighted by molar-refractivity contribution is 6.32. The number of nitrogens with one attached hydrogen (secondary N) is 4. The number of halogens is 1. The van der Waals surface area contributed by atoms with Crippen molar-refractivity contribution >= 4 is 52.9 Å². The molecule has 0 saturated carbocycles. The Labute approximate surface area is 241 Å². The van der Waals surface area contributed by atoms with Gasteiger partial charge in [-0.15, -0.1) is 0 Å². The fraction of sp³-hybridized carbons (Fsp3) is 0.357. The number of allylic oxidation sites excluding steroid dienone is 1. The van der Waals surface area contributed by atoms with Gasteiger partial charge in [-0.25, -0.2) is 9.78 Å². The highest BCUT2D eigenvalue weighted by atomic mass is 35.5. The standard InChI is InChI=1S/C28H30ClN9O3/c1-15-24(16(2)41-37-15)26(39)38-8-7-20(14-38)34-28(40)35-23-6-5-19-10-18(23)4-3-17-9-21(12-30-11-17)33-27-31-13-22(29)25(32-19)36-27/h5-6,10-13,17,20H,3-4,7-9,14H2,1-2H3,(H2,34,35,40)(H2,31,32,33,36)/t17?,20-/m0/s1. The number of aliphatic imine (C=N–C) groups is 1. The van der Waals surface area contributed by atoms with E-state index in [0.29, 0.717) is 59.0 Å². The van der Waals surface area contributed by atoms with Crippen LogP contribution in [0, 0.1) is 19.8 Å². The van der Waals surface area contributed by atoms with Gasteiger partial charge in [-0.2, -0.15) is 4.98 Å². The van der Waals surface area contributed by atoms with E-state index in [9.17, 15) is 9.59 Å². The average Bonchev–Trinajstić information content (AvgIpc) is 3.55. The first kappa shape index (κ1) is 26.8. The monoisotopic (exact) mass is 575 g/mol. The Morgan fingerprint density at radius 2 is 2.07 bits per heavy atom. The van der Waals surface area contributed by atoms with Gasteiger partial charge >= 0.3 is 6.03 Å². The van der Waals surface area contributed by atoms with Gasteiger partial charge in [0, 0.05) is 54.5 Å². The number of carbonyl (C=O) groups excluding carboxylic acids is 2. The van der Waals surface area contributed by atoms with E-state index in [4.69, 9.17) is 16.1 Å². The van der Waals surface area contributed by atoms with Crippen LogP contribution in [0.25, 0.3) is 0 Å². The van der Waals surface area contributed by atoms with Gasteiger partial charge < -0.3 is 30.7 Å². The molecule has 3 amide bonds. The number of urea groups is 1. The lowest BCUT2D eigenvalue weighted by Crippen LogP contribution is -2.40. The number of hydrogen-bond acceptors (Lipinski definition) is 9. The third kappa shape index (κ3) is 5.87. The summed E-state index contributed by atoms with van der Waals surface area (Å²) in [5.74, 6) is 1.50.